The second-order valence-corrected chi connectivity index (χ2v) is 6.12. The zero-order valence-electron chi connectivity index (χ0n) is 15.6. The van der Waals surface area contributed by atoms with Crippen molar-refractivity contribution in [3.05, 3.63) is 23.9 Å². The van der Waals surface area contributed by atoms with Gasteiger partial charge in [-0.05, 0) is 32.3 Å². The minimum absolute atomic E-state index is 0.203. The minimum Gasteiger partial charge on any atom is -0.477 e. The van der Waals surface area contributed by atoms with Gasteiger partial charge < -0.3 is 25.4 Å². The number of hydrogen-bond acceptors (Lipinski definition) is 5. The van der Waals surface area contributed by atoms with Crippen molar-refractivity contribution in [2.24, 2.45) is 10.7 Å². The number of amides is 1. The molecule has 0 unspecified atom stereocenters. The molecular formula is C18H29N5O3. The summed E-state index contributed by atoms with van der Waals surface area (Å²) in [5.41, 5.74) is 6.92. The summed E-state index contributed by atoms with van der Waals surface area (Å²) in [7, 11) is 0. The molecule has 0 spiro atoms. The number of nitrogens with zero attached hydrogens (tertiary/aromatic N) is 3. The number of aliphatic imine (C=N–C) groups is 1. The van der Waals surface area contributed by atoms with Crippen LogP contribution in [-0.2, 0) is 11.3 Å². The Balaban J connectivity index is 1.81. The third-order valence-corrected chi connectivity index (χ3v) is 4.09. The summed E-state index contributed by atoms with van der Waals surface area (Å²) < 4.78 is 10.7. The van der Waals surface area contributed by atoms with Gasteiger partial charge >= 0.3 is 6.09 Å². The van der Waals surface area contributed by atoms with E-state index in [2.05, 4.69) is 22.2 Å². The number of carbonyl (C=O) groups excluding carboxylic acids is 1. The molecule has 144 valence electrons. The van der Waals surface area contributed by atoms with E-state index in [9.17, 15) is 4.79 Å². The molecule has 0 aliphatic carbocycles. The number of pyridine rings is 1. The van der Waals surface area contributed by atoms with Crippen LogP contribution in [0.4, 0.5) is 4.79 Å². The first-order valence-electron chi connectivity index (χ1n) is 9.18. The molecule has 0 atom stereocenters. The van der Waals surface area contributed by atoms with E-state index in [1.165, 1.54) is 0 Å². The maximum atomic E-state index is 11.7. The van der Waals surface area contributed by atoms with Gasteiger partial charge in [0.15, 0.2) is 5.96 Å². The fourth-order valence-corrected chi connectivity index (χ4v) is 2.72. The smallest absolute Gasteiger partial charge is 0.409 e. The molecular weight excluding hydrogens is 334 g/mol. The molecule has 8 heteroatoms. The molecule has 2 heterocycles. The second-order valence-electron chi connectivity index (χ2n) is 6.12. The van der Waals surface area contributed by atoms with Crippen molar-refractivity contribution in [3.63, 3.8) is 0 Å². The molecule has 1 fully saturated rings. The van der Waals surface area contributed by atoms with Crippen LogP contribution < -0.4 is 15.8 Å². The average Bonchev–Trinajstić information content (AvgIpc) is 2.66. The summed E-state index contributed by atoms with van der Waals surface area (Å²) in [6.45, 7) is 6.60. The maximum Gasteiger partial charge on any atom is 0.409 e. The Hall–Kier alpha value is -2.51. The van der Waals surface area contributed by atoms with Crippen LogP contribution in [0.25, 0.3) is 0 Å². The molecule has 1 aromatic heterocycles. The molecule has 1 saturated heterocycles. The lowest BCUT2D eigenvalue weighted by Gasteiger charge is -2.31. The number of carbonyl (C=O) groups is 1. The number of nitrogens with one attached hydrogen (secondary N) is 1. The predicted molar refractivity (Wildman–Crippen MR) is 100 cm³/mol. The van der Waals surface area contributed by atoms with E-state index in [1.54, 1.807) is 11.1 Å². The lowest BCUT2D eigenvalue weighted by Crippen LogP contribution is -2.48. The van der Waals surface area contributed by atoms with Crippen molar-refractivity contribution >= 4 is 12.1 Å². The highest BCUT2D eigenvalue weighted by Gasteiger charge is 2.23. The lowest BCUT2D eigenvalue weighted by atomic mass is 10.1. The van der Waals surface area contributed by atoms with Gasteiger partial charge in [-0.2, -0.15) is 0 Å². The molecule has 8 nitrogen and oxygen atoms in total. The van der Waals surface area contributed by atoms with Crippen LogP contribution in [0, 0.1) is 0 Å². The van der Waals surface area contributed by atoms with Gasteiger partial charge in [-0.1, -0.05) is 13.0 Å². The number of rotatable bonds is 7. The number of ether oxygens (including phenoxy) is 2. The van der Waals surface area contributed by atoms with Crippen LogP contribution in [-0.4, -0.2) is 54.3 Å². The largest absolute Gasteiger partial charge is 0.477 e. The van der Waals surface area contributed by atoms with Crippen molar-refractivity contribution in [1.29, 1.82) is 0 Å². The van der Waals surface area contributed by atoms with E-state index in [0.29, 0.717) is 44.7 Å². The van der Waals surface area contributed by atoms with Crippen molar-refractivity contribution in [2.75, 3.05) is 26.3 Å². The van der Waals surface area contributed by atoms with Crippen molar-refractivity contribution in [3.8, 4) is 5.88 Å². The van der Waals surface area contributed by atoms with Crippen molar-refractivity contribution in [1.82, 2.24) is 15.2 Å². The molecule has 26 heavy (non-hydrogen) atoms. The van der Waals surface area contributed by atoms with Gasteiger partial charge in [0, 0.05) is 30.9 Å². The highest BCUT2D eigenvalue weighted by molar-refractivity contribution is 5.78. The molecule has 1 aliphatic heterocycles. The lowest BCUT2D eigenvalue weighted by molar-refractivity contribution is 0.0963. The van der Waals surface area contributed by atoms with E-state index in [0.717, 1.165) is 24.8 Å². The Labute approximate surface area is 154 Å². The molecule has 1 amide bonds. The third-order valence-electron chi connectivity index (χ3n) is 4.09. The number of aromatic nitrogens is 1. The van der Waals surface area contributed by atoms with Crippen molar-refractivity contribution < 1.29 is 14.3 Å². The van der Waals surface area contributed by atoms with Gasteiger partial charge in [0.2, 0.25) is 5.88 Å². The van der Waals surface area contributed by atoms with Gasteiger partial charge in [0.25, 0.3) is 0 Å². The number of likely N-dealkylation sites (tertiary alicyclic amines) is 1. The topological polar surface area (TPSA) is 102 Å². The van der Waals surface area contributed by atoms with E-state index < -0.39 is 0 Å². The Kier molecular flexibility index (Phi) is 7.98. The summed E-state index contributed by atoms with van der Waals surface area (Å²) in [5.74, 6) is 0.999. The fourth-order valence-electron chi connectivity index (χ4n) is 2.72. The Morgan fingerprint density at radius 3 is 2.88 bits per heavy atom. The molecule has 2 rings (SSSR count). The molecule has 0 radical (unpaired) electrons. The first kappa shape index (κ1) is 19.8. The highest BCUT2D eigenvalue weighted by Crippen LogP contribution is 2.16. The summed E-state index contributed by atoms with van der Waals surface area (Å²) in [5, 5.41) is 3.23. The van der Waals surface area contributed by atoms with E-state index in [4.69, 9.17) is 15.2 Å². The normalized spacial score (nSPS) is 15.6. The molecule has 0 saturated carbocycles. The first-order valence-corrected chi connectivity index (χ1v) is 9.18. The number of guanidine groups is 1. The zero-order valence-corrected chi connectivity index (χ0v) is 15.6. The van der Waals surface area contributed by atoms with Gasteiger partial charge in [0.05, 0.1) is 19.8 Å². The fraction of sp³-hybridized carbons (Fsp3) is 0.611. The monoisotopic (exact) mass is 363 g/mol. The Morgan fingerprint density at radius 2 is 2.19 bits per heavy atom. The summed E-state index contributed by atoms with van der Waals surface area (Å²) in [6, 6.07) is 4.00. The zero-order chi connectivity index (χ0) is 18.8. The number of nitrogens with two attached hydrogens (primary N) is 1. The molecule has 1 aromatic rings. The maximum absolute atomic E-state index is 11.7. The van der Waals surface area contributed by atoms with Gasteiger partial charge in [-0.3, -0.25) is 0 Å². The van der Waals surface area contributed by atoms with Crippen LogP contribution in [0.15, 0.2) is 23.3 Å². The van der Waals surface area contributed by atoms with Crippen LogP contribution in [0.1, 0.15) is 38.7 Å². The third kappa shape index (κ3) is 6.09. The summed E-state index contributed by atoms with van der Waals surface area (Å²) in [4.78, 5) is 22.1. The first-order chi connectivity index (χ1) is 12.6. The van der Waals surface area contributed by atoms with Crippen molar-refractivity contribution in [2.45, 2.75) is 45.7 Å². The summed E-state index contributed by atoms with van der Waals surface area (Å²) >= 11 is 0. The quantitative estimate of drug-likeness (QED) is 0.567. The number of piperidine rings is 1. The molecule has 3 N–H and O–H groups in total. The highest BCUT2D eigenvalue weighted by atomic mass is 16.6. The van der Waals surface area contributed by atoms with E-state index >= 15 is 0 Å². The Bertz CT molecular complexity index is 600. The van der Waals surface area contributed by atoms with E-state index in [1.807, 2.05) is 19.1 Å². The predicted octanol–water partition coefficient (Wildman–Crippen LogP) is 1.90. The molecule has 0 aromatic carbocycles. The SMILES string of the molecule is CCCOc1ncccc1CN=C(N)NC1CCN(C(=O)OCC)CC1. The van der Waals surface area contributed by atoms with Crippen LogP contribution in [0.5, 0.6) is 5.88 Å². The van der Waals surface area contributed by atoms with Gasteiger partial charge in [0.1, 0.15) is 0 Å². The second kappa shape index (κ2) is 10.5. The van der Waals surface area contributed by atoms with Gasteiger partial charge in [-0.15, -0.1) is 0 Å². The molecule has 1 aliphatic rings. The summed E-state index contributed by atoms with van der Waals surface area (Å²) in [6.07, 6.45) is 4.01. The Morgan fingerprint density at radius 1 is 1.42 bits per heavy atom. The average molecular weight is 363 g/mol. The van der Waals surface area contributed by atoms with Crippen LogP contribution in [0.2, 0.25) is 0 Å². The van der Waals surface area contributed by atoms with Crippen LogP contribution >= 0.6 is 0 Å². The minimum atomic E-state index is -0.247. The van der Waals surface area contributed by atoms with E-state index in [-0.39, 0.29) is 12.1 Å². The van der Waals surface area contributed by atoms with Gasteiger partial charge in [-0.25, -0.2) is 14.8 Å². The molecule has 0 bridgehead atoms. The number of hydrogen-bond donors (Lipinski definition) is 2. The standard InChI is InChI=1S/C18H29N5O3/c1-3-12-26-16-14(6-5-9-20-16)13-21-17(19)22-15-7-10-23(11-8-15)18(24)25-4-2/h5-6,9,15H,3-4,7-8,10-13H2,1-2H3,(H3,19,21,22). The van der Waals surface area contributed by atoms with Crippen LogP contribution in [0.3, 0.4) is 0 Å².